The zero-order valence-electron chi connectivity index (χ0n) is 26.9. The molecule has 11 heteroatoms. The highest BCUT2D eigenvalue weighted by molar-refractivity contribution is 7.92. The van der Waals surface area contributed by atoms with Gasteiger partial charge in [0.05, 0.1) is 24.8 Å². The van der Waals surface area contributed by atoms with Gasteiger partial charge in [-0.2, -0.15) is 0 Å². The van der Waals surface area contributed by atoms with Crippen molar-refractivity contribution >= 4 is 27.5 Å². The Labute approximate surface area is 276 Å². The van der Waals surface area contributed by atoms with E-state index in [1.54, 1.807) is 24.3 Å². The van der Waals surface area contributed by atoms with Gasteiger partial charge >= 0.3 is 0 Å². The summed E-state index contributed by atoms with van der Waals surface area (Å²) in [5.41, 5.74) is 1.58. The van der Waals surface area contributed by atoms with Crippen molar-refractivity contribution in [2.24, 2.45) is 0 Å². The smallest absolute Gasteiger partial charge is 0.264 e. The summed E-state index contributed by atoms with van der Waals surface area (Å²) in [6.07, 6.45) is 0.854. The summed E-state index contributed by atoms with van der Waals surface area (Å²) in [5, 5.41) is 3.01. The van der Waals surface area contributed by atoms with Crippen LogP contribution in [0.15, 0.2) is 108 Å². The Balaban J connectivity index is 1.81. The number of nitrogens with one attached hydrogen (secondary N) is 1. The molecule has 0 unspecified atom stereocenters. The number of methoxy groups -OCH3 is 2. The van der Waals surface area contributed by atoms with Crippen LogP contribution in [0.5, 0.6) is 11.5 Å². The van der Waals surface area contributed by atoms with Gasteiger partial charge in [-0.15, -0.1) is 0 Å². The Morgan fingerprint density at radius 3 is 2.09 bits per heavy atom. The van der Waals surface area contributed by atoms with E-state index in [9.17, 15) is 22.4 Å². The van der Waals surface area contributed by atoms with E-state index in [1.165, 1.54) is 55.5 Å². The van der Waals surface area contributed by atoms with E-state index in [-0.39, 0.29) is 35.5 Å². The number of carbonyl (C=O) groups excluding carboxylic acids is 2. The van der Waals surface area contributed by atoms with E-state index in [2.05, 4.69) is 5.32 Å². The van der Waals surface area contributed by atoms with Crippen LogP contribution in [0.2, 0.25) is 0 Å². The van der Waals surface area contributed by atoms with Crippen LogP contribution >= 0.6 is 0 Å². The lowest BCUT2D eigenvalue weighted by atomic mass is 10.0. The molecular weight excluding hydrogens is 621 g/mol. The second-order valence-corrected chi connectivity index (χ2v) is 12.9. The van der Waals surface area contributed by atoms with Crippen LogP contribution in [0, 0.1) is 5.82 Å². The van der Waals surface area contributed by atoms with Gasteiger partial charge in [0.1, 0.15) is 29.9 Å². The summed E-state index contributed by atoms with van der Waals surface area (Å²) in [6, 6.07) is 25.9. The van der Waals surface area contributed by atoms with Gasteiger partial charge in [0, 0.05) is 19.0 Å². The molecule has 0 aliphatic heterocycles. The summed E-state index contributed by atoms with van der Waals surface area (Å²) < 4.78 is 53.7. The van der Waals surface area contributed by atoms with Gasteiger partial charge < -0.3 is 19.7 Å². The van der Waals surface area contributed by atoms with Gasteiger partial charge in [0.25, 0.3) is 10.0 Å². The molecule has 2 amide bonds. The predicted octanol–water partition coefficient (Wildman–Crippen LogP) is 5.59. The Hall–Kier alpha value is -4.90. The fourth-order valence-electron chi connectivity index (χ4n) is 4.97. The normalized spacial score (nSPS) is 12.4. The van der Waals surface area contributed by atoms with Crippen LogP contribution in [0.25, 0.3) is 0 Å². The molecule has 0 heterocycles. The van der Waals surface area contributed by atoms with Gasteiger partial charge in [0.15, 0.2) is 0 Å². The number of benzene rings is 4. The maximum atomic E-state index is 14.5. The number of ether oxygens (including phenoxy) is 2. The number of amides is 2. The maximum absolute atomic E-state index is 14.5. The minimum atomic E-state index is -4.34. The first-order chi connectivity index (χ1) is 22.5. The first-order valence-corrected chi connectivity index (χ1v) is 16.7. The summed E-state index contributed by atoms with van der Waals surface area (Å²) in [7, 11) is -1.35. The summed E-state index contributed by atoms with van der Waals surface area (Å²) >= 11 is 0. The Kier molecular flexibility index (Phi) is 12.0. The SMILES string of the molecule is CC[C@@H](C)NC(=O)[C@H](Cc1ccccc1)N(Cc1cccc(OC)c1)C(=O)CN(c1ccc(F)cc1)S(=O)(=O)c1ccc(OC)cc1. The van der Waals surface area contributed by atoms with Crippen LogP contribution in [0.3, 0.4) is 0 Å². The van der Waals surface area contributed by atoms with Crippen molar-refractivity contribution in [3.05, 3.63) is 120 Å². The quantitative estimate of drug-likeness (QED) is 0.178. The summed E-state index contributed by atoms with van der Waals surface area (Å²) in [4.78, 5) is 29.8. The van der Waals surface area contributed by atoms with Crippen molar-refractivity contribution < 1.29 is 31.9 Å². The standard InChI is InChI=1S/C36H40FN3O6S/c1-5-26(2)38-36(42)34(23-27-10-7-6-8-11-27)39(24-28-12-9-13-32(22-28)46-4)35(41)25-40(30-16-14-29(37)15-17-30)47(43,44)33-20-18-31(45-3)19-21-33/h6-22,26,34H,5,23-25H2,1-4H3,(H,38,42)/t26-,34+/m1/s1. The van der Waals surface area contributed by atoms with Crippen molar-refractivity contribution in [1.29, 1.82) is 0 Å². The molecule has 9 nitrogen and oxygen atoms in total. The van der Waals surface area contributed by atoms with E-state index in [1.807, 2.05) is 44.2 Å². The topological polar surface area (TPSA) is 105 Å². The molecule has 0 saturated heterocycles. The lowest BCUT2D eigenvalue weighted by Crippen LogP contribution is -2.54. The minimum Gasteiger partial charge on any atom is -0.497 e. The van der Waals surface area contributed by atoms with Crippen LogP contribution < -0.4 is 19.1 Å². The van der Waals surface area contributed by atoms with Crippen LogP contribution in [-0.4, -0.2) is 58.0 Å². The third kappa shape index (κ3) is 9.10. The van der Waals surface area contributed by atoms with E-state index in [4.69, 9.17) is 9.47 Å². The third-order valence-electron chi connectivity index (χ3n) is 7.80. The molecule has 248 valence electrons. The van der Waals surface area contributed by atoms with E-state index < -0.39 is 34.3 Å². The lowest BCUT2D eigenvalue weighted by molar-refractivity contribution is -0.140. The molecule has 4 rings (SSSR count). The fourth-order valence-corrected chi connectivity index (χ4v) is 6.39. The van der Waals surface area contributed by atoms with Gasteiger partial charge in [-0.25, -0.2) is 12.8 Å². The minimum absolute atomic E-state index is 0.0126. The van der Waals surface area contributed by atoms with Gasteiger partial charge in [-0.05, 0) is 85.1 Å². The van der Waals surface area contributed by atoms with E-state index in [0.29, 0.717) is 23.5 Å². The van der Waals surface area contributed by atoms with Crippen molar-refractivity contribution in [2.75, 3.05) is 25.1 Å². The molecule has 0 radical (unpaired) electrons. The highest BCUT2D eigenvalue weighted by atomic mass is 32.2. The lowest BCUT2D eigenvalue weighted by Gasteiger charge is -2.34. The summed E-state index contributed by atoms with van der Waals surface area (Å²) in [6.45, 7) is 3.15. The second kappa shape index (κ2) is 16.1. The average molecular weight is 662 g/mol. The zero-order chi connectivity index (χ0) is 34.0. The highest BCUT2D eigenvalue weighted by Crippen LogP contribution is 2.27. The number of anilines is 1. The van der Waals surface area contributed by atoms with Crippen LogP contribution in [0.4, 0.5) is 10.1 Å². The Bertz CT molecular complexity index is 1740. The third-order valence-corrected chi connectivity index (χ3v) is 9.59. The summed E-state index contributed by atoms with van der Waals surface area (Å²) in [5.74, 6) is -0.547. The molecule has 0 aliphatic rings. The molecule has 1 N–H and O–H groups in total. The van der Waals surface area contributed by atoms with Crippen molar-refractivity contribution in [3.8, 4) is 11.5 Å². The molecule has 4 aromatic carbocycles. The zero-order valence-corrected chi connectivity index (χ0v) is 27.7. The number of carbonyl (C=O) groups is 2. The maximum Gasteiger partial charge on any atom is 0.264 e. The number of rotatable bonds is 15. The molecule has 0 aromatic heterocycles. The largest absolute Gasteiger partial charge is 0.497 e. The molecule has 4 aromatic rings. The second-order valence-electron chi connectivity index (χ2n) is 11.1. The predicted molar refractivity (Wildman–Crippen MR) is 179 cm³/mol. The van der Waals surface area contributed by atoms with Crippen LogP contribution in [0.1, 0.15) is 31.4 Å². The molecule has 0 fully saturated rings. The first kappa shape index (κ1) is 35.0. The first-order valence-electron chi connectivity index (χ1n) is 15.2. The molecular formula is C36H40FN3O6S. The number of nitrogens with zero attached hydrogens (tertiary/aromatic N) is 2. The number of sulfonamides is 1. The number of halogens is 1. The number of hydrogen-bond donors (Lipinski definition) is 1. The van der Waals surface area contributed by atoms with E-state index in [0.717, 1.165) is 22.0 Å². The van der Waals surface area contributed by atoms with E-state index >= 15 is 0 Å². The molecule has 0 bridgehead atoms. The molecule has 0 aliphatic carbocycles. The fraction of sp³-hybridized carbons (Fsp3) is 0.278. The van der Waals surface area contributed by atoms with Gasteiger partial charge in [-0.1, -0.05) is 49.4 Å². The molecule has 2 atom stereocenters. The Morgan fingerprint density at radius 1 is 0.830 bits per heavy atom. The van der Waals surface area contributed by atoms with Gasteiger partial charge in [0.2, 0.25) is 11.8 Å². The van der Waals surface area contributed by atoms with Crippen LogP contribution in [-0.2, 0) is 32.6 Å². The van der Waals surface area contributed by atoms with Crippen molar-refractivity contribution in [2.45, 2.75) is 50.2 Å². The molecule has 47 heavy (non-hydrogen) atoms. The van der Waals surface area contributed by atoms with Crippen molar-refractivity contribution in [1.82, 2.24) is 10.2 Å². The van der Waals surface area contributed by atoms with Gasteiger partial charge in [-0.3, -0.25) is 13.9 Å². The highest BCUT2D eigenvalue weighted by Gasteiger charge is 2.35. The molecule has 0 spiro atoms. The monoisotopic (exact) mass is 661 g/mol. The Morgan fingerprint density at radius 2 is 1.47 bits per heavy atom. The average Bonchev–Trinajstić information content (AvgIpc) is 3.09. The number of hydrogen-bond acceptors (Lipinski definition) is 6. The van der Waals surface area contributed by atoms with Crippen molar-refractivity contribution in [3.63, 3.8) is 0 Å². The molecule has 0 saturated carbocycles.